The third-order valence-electron chi connectivity index (χ3n) is 2.34. The smallest absolute Gasteiger partial charge is 0.0967 e. The predicted molar refractivity (Wildman–Crippen MR) is 48.9 cm³/mol. The van der Waals surface area contributed by atoms with E-state index in [1.165, 1.54) is 0 Å². The van der Waals surface area contributed by atoms with Crippen molar-refractivity contribution in [1.82, 2.24) is 19.9 Å². The van der Waals surface area contributed by atoms with Gasteiger partial charge in [0.15, 0.2) is 0 Å². The van der Waals surface area contributed by atoms with Gasteiger partial charge in [-0.2, -0.15) is 0 Å². The highest BCUT2D eigenvalue weighted by Gasteiger charge is 2.19. The molecule has 0 radical (unpaired) electrons. The van der Waals surface area contributed by atoms with E-state index >= 15 is 0 Å². The Balaban J connectivity index is 1.91. The zero-order chi connectivity index (χ0) is 9.26. The van der Waals surface area contributed by atoms with Crippen LogP contribution < -0.4 is 5.73 Å². The minimum atomic E-state index is 0.344. The lowest BCUT2D eigenvalue weighted by atomic mass is 10.3. The zero-order valence-electron chi connectivity index (χ0n) is 7.85. The molecule has 0 bridgehead atoms. The number of aryl methyl sites for hydroxylation is 1. The van der Waals surface area contributed by atoms with Crippen LogP contribution in [0.1, 0.15) is 12.1 Å². The van der Waals surface area contributed by atoms with Crippen LogP contribution >= 0.6 is 0 Å². The maximum atomic E-state index is 5.80. The standard InChI is InChI=1S/C8H15N5/c1-12-5-8(10-11-12)6-13-3-2-7(9)4-13/h5,7H,2-4,6,9H2,1H3/t7-/m0/s1. The normalized spacial score (nSPS) is 24.0. The van der Waals surface area contributed by atoms with E-state index in [1.54, 1.807) is 4.68 Å². The summed E-state index contributed by atoms with van der Waals surface area (Å²) in [5.74, 6) is 0. The van der Waals surface area contributed by atoms with E-state index in [1.807, 2.05) is 13.2 Å². The van der Waals surface area contributed by atoms with E-state index in [9.17, 15) is 0 Å². The summed E-state index contributed by atoms with van der Waals surface area (Å²) >= 11 is 0. The van der Waals surface area contributed by atoms with Gasteiger partial charge in [0.2, 0.25) is 0 Å². The first-order valence-electron chi connectivity index (χ1n) is 4.57. The van der Waals surface area contributed by atoms with Crippen molar-refractivity contribution >= 4 is 0 Å². The summed E-state index contributed by atoms with van der Waals surface area (Å²) < 4.78 is 1.73. The molecule has 0 aliphatic carbocycles. The van der Waals surface area contributed by atoms with Gasteiger partial charge in [0.1, 0.15) is 0 Å². The summed E-state index contributed by atoms with van der Waals surface area (Å²) in [6, 6.07) is 0.344. The predicted octanol–water partition coefficient (Wildman–Crippen LogP) is -0.652. The molecule has 72 valence electrons. The Labute approximate surface area is 77.5 Å². The van der Waals surface area contributed by atoms with Crippen molar-refractivity contribution in [3.8, 4) is 0 Å². The van der Waals surface area contributed by atoms with Crippen molar-refractivity contribution in [3.63, 3.8) is 0 Å². The van der Waals surface area contributed by atoms with Gasteiger partial charge in [-0.1, -0.05) is 5.21 Å². The Bertz CT molecular complexity index is 282. The number of rotatable bonds is 2. The van der Waals surface area contributed by atoms with Crippen LogP contribution in [0.25, 0.3) is 0 Å². The van der Waals surface area contributed by atoms with Crippen LogP contribution in [-0.4, -0.2) is 39.0 Å². The molecule has 0 unspecified atom stereocenters. The van der Waals surface area contributed by atoms with Gasteiger partial charge in [-0.15, -0.1) is 5.10 Å². The largest absolute Gasteiger partial charge is 0.326 e. The number of aromatic nitrogens is 3. The highest BCUT2D eigenvalue weighted by molar-refractivity contribution is 4.93. The summed E-state index contributed by atoms with van der Waals surface area (Å²) in [5.41, 5.74) is 6.83. The molecule has 1 aliphatic heterocycles. The minimum absolute atomic E-state index is 0.344. The van der Waals surface area contributed by atoms with Gasteiger partial charge in [-0.3, -0.25) is 9.58 Å². The Morgan fingerprint density at radius 3 is 3.08 bits per heavy atom. The van der Waals surface area contributed by atoms with E-state index in [-0.39, 0.29) is 0 Å². The van der Waals surface area contributed by atoms with Crippen LogP contribution in [0.3, 0.4) is 0 Å². The molecule has 2 N–H and O–H groups in total. The van der Waals surface area contributed by atoms with E-state index in [0.29, 0.717) is 6.04 Å². The number of likely N-dealkylation sites (tertiary alicyclic amines) is 1. The monoisotopic (exact) mass is 181 g/mol. The fraction of sp³-hybridized carbons (Fsp3) is 0.750. The van der Waals surface area contributed by atoms with E-state index in [2.05, 4.69) is 15.2 Å². The quantitative estimate of drug-likeness (QED) is 0.658. The molecule has 1 saturated heterocycles. The lowest BCUT2D eigenvalue weighted by Crippen LogP contribution is -2.26. The van der Waals surface area contributed by atoms with E-state index in [0.717, 1.165) is 31.7 Å². The molecule has 2 rings (SSSR count). The first kappa shape index (κ1) is 8.65. The maximum absolute atomic E-state index is 5.80. The van der Waals surface area contributed by atoms with Crippen molar-refractivity contribution in [2.75, 3.05) is 13.1 Å². The second kappa shape index (κ2) is 3.43. The van der Waals surface area contributed by atoms with Gasteiger partial charge in [0, 0.05) is 38.9 Å². The van der Waals surface area contributed by atoms with Gasteiger partial charge in [-0.05, 0) is 6.42 Å². The van der Waals surface area contributed by atoms with Crippen LogP contribution in [0.15, 0.2) is 6.20 Å². The lowest BCUT2D eigenvalue weighted by Gasteiger charge is -2.11. The van der Waals surface area contributed by atoms with Crippen LogP contribution in [-0.2, 0) is 13.6 Å². The third kappa shape index (κ3) is 2.05. The molecular formula is C8H15N5. The summed E-state index contributed by atoms with van der Waals surface area (Å²) in [6.45, 7) is 2.94. The second-order valence-corrected chi connectivity index (χ2v) is 3.67. The van der Waals surface area contributed by atoms with Gasteiger partial charge in [-0.25, -0.2) is 0 Å². The summed E-state index contributed by atoms with van der Waals surface area (Å²) in [7, 11) is 1.88. The molecule has 0 aromatic carbocycles. The molecule has 0 spiro atoms. The molecule has 2 heterocycles. The lowest BCUT2D eigenvalue weighted by molar-refractivity contribution is 0.322. The average Bonchev–Trinajstić information content (AvgIpc) is 2.62. The van der Waals surface area contributed by atoms with Crippen molar-refractivity contribution < 1.29 is 0 Å². The van der Waals surface area contributed by atoms with Gasteiger partial charge >= 0.3 is 0 Å². The number of nitrogens with zero attached hydrogens (tertiary/aromatic N) is 4. The van der Waals surface area contributed by atoms with Crippen molar-refractivity contribution in [2.24, 2.45) is 12.8 Å². The Morgan fingerprint density at radius 1 is 1.69 bits per heavy atom. The highest BCUT2D eigenvalue weighted by atomic mass is 15.4. The molecule has 5 heteroatoms. The van der Waals surface area contributed by atoms with Crippen molar-refractivity contribution in [1.29, 1.82) is 0 Å². The van der Waals surface area contributed by atoms with Crippen molar-refractivity contribution in [3.05, 3.63) is 11.9 Å². The Kier molecular flexibility index (Phi) is 2.28. The van der Waals surface area contributed by atoms with Crippen LogP contribution in [0.5, 0.6) is 0 Å². The van der Waals surface area contributed by atoms with Crippen LogP contribution in [0, 0.1) is 0 Å². The molecule has 1 atom stereocenters. The molecule has 0 saturated carbocycles. The molecule has 1 fully saturated rings. The van der Waals surface area contributed by atoms with Gasteiger partial charge in [0.25, 0.3) is 0 Å². The molecule has 1 aromatic heterocycles. The number of hydrogen-bond acceptors (Lipinski definition) is 4. The van der Waals surface area contributed by atoms with Crippen molar-refractivity contribution in [2.45, 2.75) is 19.0 Å². The van der Waals surface area contributed by atoms with E-state index < -0.39 is 0 Å². The molecule has 5 nitrogen and oxygen atoms in total. The van der Waals surface area contributed by atoms with E-state index in [4.69, 9.17) is 5.73 Å². The number of hydrogen-bond donors (Lipinski definition) is 1. The highest BCUT2D eigenvalue weighted by Crippen LogP contribution is 2.09. The molecular weight excluding hydrogens is 166 g/mol. The first-order chi connectivity index (χ1) is 6.24. The third-order valence-corrected chi connectivity index (χ3v) is 2.34. The fourth-order valence-corrected chi connectivity index (χ4v) is 1.70. The number of nitrogens with two attached hydrogens (primary N) is 1. The molecule has 0 amide bonds. The fourth-order valence-electron chi connectivity index (χ4n) is 1.70. The first-order valence-corrected chi connectivity index (χ1v) is 4.57. The molecule has 1 aliphatic rings. The maximum Gasteiger partial charge on any atom is 0.0967 e. The average molecular weight is 181 g/mol. The van der Waals surface area contributed by atoms with Crippen LogP contribution in [0.4, 0.5) is 0 Å². The molecule has 1 aromatic rings. The summed E-state index contributed by atoms with van der Waals surface area (Å²) in [4.78, 5) is 2.31. The minimum Gasteiger partial charge on any atom is -0.326 e. The van der Waals surface area contributed by atoms with Crippen LogP contribution in [0.2, 0.25) is 0 Å². The summed E-state index contributed by atoms with van der Waals surface area (Å²) in [5, 5.41) is 7.92. The Morgan fingerprint density at radius 2 is 2.54 bits per heavy atom. The zero-order valence-corrected chi connectivity index (χ0v) is 7.85. The summed E-state index contributed by atoms with van der Waals surface area (Å²) in [6.07, 6.45) is 3.05. The van der Waals surface area contributed by atoms with Gasteiger partial charge in [0.05, 0.1) is 5.69 Å². The SMILES string of the molecule is Cn1cc(CN2CC[C@H](N)C2)nn1. The van der Waals surface area contributed by atoms with Gasteiger partial charge < -0.3 is 5.73 Å². The molecule has 13 heavy (non-hydrogen) atoms. The Hall–Kier alpha value is -0.940. The topological polar surface area (TPSA) is 60.0 Å². The second-order valence-electron chi connectivity index (χ2n) is 3.67.